The first-order valence-corrected chi connectivity index (χ1v) is 8.92. The fraction of sp³-hybridized carbons (Fsp3) is 0.350. The van der Waals surface area contributed by atoms with Gasteiger partial charge in [0.2, 0.25) is 0 Å². The molecule has 1 saturated carbocycles. The normalized spacial score (nSPS) is 14.5. The van der Waals surface area contributed by atoms with Crippen molar-refractivity contribution in [1.29, 1.82) is 0 Å². The van der Waals surface area contributed by atoms with Crippen LogP contribution in [0.3, 0.4) is 0 Å². The van der Waals surface area contributed by atoms with Crippen molar-refractivity contribution in [3.05, 3.63) is 69.8 Å². The zero-order valence-electron chi connectivity index (χ0n) is 14.8. The molecule has 6 heteroatoms. The summed E-state index contributed by atoms with van der Waals surface area (Å²) in [4.78, 5) is 23.1. The van der Waals surface area contributed by atoms with E-state index in [4.69, 9.17) is 0 Å². The lowest BCUT2D eigenvalue weighted by Gasteiger charge is -2.16. The molecule has 2 aromatic rings. The molecular weight excluding hydrogens is 330 g/mol. The molecular formula is C20H23N3O3. The fourth-order valence-electron chi connectivity index (χ4n) is 2.81. The maximum absolute atomic E-state index is 12.1. The minimum absolute atomic E-state index is 0.0694. The highest BCUT2D eigenvalue weighted by Crippen LogP contribution is 2.27. The van der Waals surface area contributed by atoms with Gasteiger partial charge >= 0.3 is 0 Å². The maximum atomic E-state index is 12.1. The van der Waals surface area contributed by atoms with Crippen LogP contribution in [0.1, 0.15) is 42.1 Å². The third kappa shape index (κ3) is 4.81. The number of nitro groups is 1. The van der Waals surface area contributed by atoms with Gasteiger partial charge in [-0.15, -0.1) is 0 Å². The molecule has 0 aliphatic heterocycles. The van der Waals surface area contributed by atoms with Gasteiger partial charge in [0.1, 0.15) is 5.69 Å². The van der Waals surface area contributed by atoms with Gasteiger partial charge < -0.3 is 10.6 Å². The van der Waals surface area contributed by atoms with E-state index >= 15 is 0 Å². The molecule has 1 fully saturated rings. The molecule has 1 amide bonds. The molecule has 2 aromatic carbocycles. The SMILES string of the molecule is CC(CCc1ccccc1)Nc1ccc(C(=O)NC2CC2)cc1[N+](=O)[O-]. The van der Waals surface area contributed by atoms with Crippen LogP contribution in [0, 0.1) is 10.1 Å². The van der Waals surface area contributed by atoms with Crippen LogP contribution in [0.4, 0.5) is 11.4 Å². The minimum atomic E-state index is -0.444. The Balaban J connectivity index is 1.65. The Hall–Kier alpha value is -2.89. The van der Waals surface area contributed by atoms with Crippen molar-refractivity contribution in [2.24, 2.45) is 0 Å². The first kappa shape index (κ1) is 17.9. The molecule has 0 saturated heterocycles. The van der Waals surface area contributed by atoms with Crippen molar-refractivity contribution in [1.82, 2.24) is 5.32 Å². The van der Waals surface area contributed by atoms with Gasteiger partial charge in [-0.1, -0.05) is 30.3 Å². The van der Waals surface area contributed by atoms with E-state index in [2.05, 4.69) is 22.8 Å². The number of carbonyl (C=O) groups excluding carboxylic acids is 1. The third-order valence-corrected chi connectivity index (χ3v) is 4.48. The van der Waals surface area contributed by atoms with Gasteiger partial charge in [0.25, 0.3) is 11.6 Å². The summed E-state index contributed by atoms with van der Waals surface area (Å²) in [7, 11) is 0. The number of nitrogens with zero attached hydrogens (tertiary/aromatic N) is 1. The summed E-state index contributed by atoms with van der Waals surface area (Å²) in [6.07, 6.45) is 3.70. The number of carbonyl (C=O) groups is 1. The Bertz CT molecular complexity index is 788. The molecule has 0 heterocycles. The standard InChI is InChI=1S/C20H23N3O3/c1-14(7-8-15-5-3-2-4-6-15)21-18-12-9-16(13-19(18)23(25)26)20(24)22-17-10-11-17/h2-6,9,12-14,17,21H,7-8,10-11H2,1H3,(H,22,24). The Kier molecular flexibility index (Phi) is 5.51. The van der Waals surface area contributed by atoms with Gasteiger partial charge in [0.15, 0.2) is 0 Å². The van der Waals surface area contributed by atoms with E-state index in [1.807, 2.05) is 25.1 Å². The number of benzene rings is 2. The number of hydrogen-bond acceptors (Lipinski definition) is 4. The molecule has 0 aromatic heterocycles. The van der Waals surface area contributed by atoms with E-state index in [0.717, 1.165) is 25.7 Å². The van der Waals surface area contributed by atoms with Crippen molar-refractivity contribution in [3.63, 3.8) is 0 Å². The van der Waals surface area contributed by atoms with Crippen LogP contribution in [-0.4, -0.2) is 22.9 Å². The van der Waals surface area contributed by atoms with Crippen LogP contribution in [0.2, 0.25) is 0 Å². The summed E-state index contributed by atoms with van der Waals surface area (Å²) in [5.41, 5.74) is 1.94. The molecule has 1 atom stereocenters. The van der Waals surface area contributed by atoms with Crippen LogP contribution in [0.15, 0.2) is 48.5 Å². The van der Waals surface area contributed by atoms with Crippen LogP contribution in [0.25, 0.3) is 0 Å². The highest BCUT2D eigenvalue weighted by Gasteiger charge is 2.25. The van der Waals surface area contributed by atoms with Crippen LogP contribution >= 0.6 is 0 Å². The summed E-state index contributed by atoms with van der Waals surface area (Å²) in [5, 5.41) is 17.5. The average molecular weight is 353 g/mol. The number of amides is 1. The lowest BCUT2D eigenvalue weighted by Crippen LogP contribution is -2.25. The first-order chi connectivity index (χ1) is 12.5. The van der Waals surface area contributed by atoms with Crippen molar-refractivity contribution in [2.75, 3.05) is 5.32 Å². The van der Waals surface area contributed by atoms with E-state index < -0.39 is 4.92 Å². The molecule has 1 unspecified atom stereocenters. The van der Waals surface area contributed by atoms with E-state index in [-0.39, 0.29) is 23.7 Å². The van der Waals surface area contributed by atoms with Crippen LogP contribution in [0.5, 0.6) is 0 Å². The lowest BCUT2D eigenvalue weighted by atomic mass is 10.1. The lowest BCUT2D eigenvalue weighted by molar-refractivity contribution is -0.384. The van der Waals surface area contributed by atoms with Gasteiger partial charge in [-0.2, -0.15) is 0 Å². The number of nitro benzene ring substituents is 1. The fourth-order valence-corrected chi connectivity index (χ4v) is 2.81. The molecule has 6 nitrogen and oxygen atoms in total. The molecule has 26 heavy (non-hydrogen) atoms. The topological polar surface area (TPSA) is 84.3 Å². The predicted molar refractivity (Wildman–Crippen MR) is 101 cm³/mol. The number of aryl methyl sites for hydroxylation is 1. The van der Waals surface area contributed by atoms with E-state index in [1.165, 1.54) is 11.6 Å². The van der Waals surface area contributed by atoms with E-state index in [0.29, 0.717) is 11.3 Å². The monoisotopic (exact) mass is 353 g/mol. The van der Waals surface area contributed by atoms with Crippen molar-refractivity contribution in [2.45, 2.75) is 44.7 Å². The summed E-state index contributed by atoms with van der Waals surface area (Å²) < 4.78 is 0. The van der Waals surface area contributed by atoms with Crippen molar-refractivity contribution >= 4 is 17.3 Å². The Morgan fingerprint density at radius 2 is 1.96 bits per heavy atom. The summed E-state index contributed by atoms with van der Waals surface area (Å²) in [6, 6.07) is 15.0. The number of hydrogen-bond donors (Lipinski definition) is 2. The summed E-state index contributed by atoms with van der Waals surface area (Å²) in [5.74, 6) is -0.251. The molecule has 1 aliphatic carbocycles. The summed E-state index contributed by atoms with van der Waals surface area (Å²) in [6.45, 7) is 2.00. The second kappa shape index (κ2) is 7.99. The molecule has 2 N–H and O–H groups in total. The van der Waals surface area contributed by atoms with Crippen LogP contribution in [-0.2, 0) is 6.42 Å². The van der Waals surface area contributed by atoms with E-state index in [1.54, 1.807) is 12.1 Å². The second-order valence-corrected chi connectivity index (χ2v) is 6.81. The highest BCUT2D eigenvalue weighted by molar-refractivity contribution is 5.96. The van der Waals surface area contributed by atoms with Crippen molar-refractivity contribution < 1.29 is 9.72 Å². The predicted octanol–water partition coefficient (Wildman–Crippen LogP) is 3.92. The average Bonchev–Trinajstić information content (AvgIpc) is 3.45. The van der Waals surface area contributed by atoms with Gasteiger partial charge in [-0.05, 0) is 50.3 Å². The van der Waals surface area contributed by atoms with Gasteiger partial charge in [0.05, 0.1) is 4.92 Å². The third-order valence-electron chi connectivity index (χ3n) is 4.48. The minimum Gasteiger partial charge on any atom is -0.377 e. The van der Waals surface area contributed by atoms with Gasteiger partial charge in [-0.25, -0.2) is 0 Å². The maximum Gasteiger partial charge on any atom is 0.293 e. The molecule has 3 rings (SSSR count). The molecule has 1 aliphatic rings. The Labute approximate surface area is 152 Å². The Morgan fingerprint density at radius 3 is 2.62 bits per heavy atom. The smallest absolute Gasteiger partial charge is 0.293 e. The summed E-state index contributed by atoms with van der Waals surface area (Å²) >= 11 is 0. The zero-order chi connectivity index (χ0) is 18.5. The Morgan fingerprint density at radius 1 is 1.23 bits per heavy atom. The highest BCUT2D eigenvalue weighted by atomic mass is 16.6. The number of rotatable bonds is 8. The molecule has 0 spiro atoms. The quantitative estimate of drug-likeness (QED) is 0.556. The van der Waals surface area contributed by atoms with Gasteiger partial charge in [0, 0.05) is 23.7 Å². The molecule has 0 bridgehead atoms. The largest absolute Gasteiger partial charge is 0.377 e. The first-order valence-electron chi connectivity index (χ1n) is 8.92. The number of nitrogens with one attached hydrogen (secondary N) is 2. The van der Waals surface area contributed by atoms with E-state index in [9.17, 15) is 14.9 Å². The van der Waals surface area contributed by atoms with Gasteiger partial charge in [-0.3, -0.25) is 14.9 Å². The number of anilines is 1. The second-order valence-electron chi connectivity index (χ2n) is 6.81. The molecule has 0 radical (unpaired) electrons. The molecule has 136 valence electrons. The van der Waals surface area contributed by atoms with Crippen LogP contribution < -0.4 is 10.6 Å². The zero-order valence-corrected chi connectivity index (χ0v) is 14.8. The van der Waals surface area contributed by atoms with Crippen molar-refractivity contribution in [3.8, 4) is 0 Å².